The van der Waals surface area contributed by atoms with Crippen LogP contribution in [0.1, 0.15) is 20.3 Å². The van der Waals surface area contributed by atoms with E-state index in [9.17, 15) is 19.7 Å². The number of nitrogens with one attached hydrogen (secondary N) is 2. The molecule has 1 unspecified atom stereocenters. The van der Waals surface area contributed by atoms with Crippen molar-refractivity contribution in [3.05, 3.63) is 40.1 Å². The number of hydrogen-bond donors (Lipinski definition) is 2. The highest BCUT2D eigenvalue weighted by Crippen LogP contribution is 2.31. The van der Waals surface area contributed by atoms with Gasteiger partial charge < -0.3 is 20.1 Å². The number of nitrogens with zero attached hydrogens (tertiary/aromatic N) is 1. The summed E-state index contributed by atoms with van der Waals surface area (Å²) in [5.41, 5.74) is 1.04. The number of non-ortho nitro benzene ring substituents is 1. The molecule has 1 aliphatic rings. The Morgan fingerprint density at radius 1 is 1.20 bits per heavy atom. The Morgan fingerprint density at radius 2 is 1.92 bits per heavy atom. The number of benzene rings is 1. The number of nitro groups is 1. The molecule has 1 aromatic rings. The first-order valence-electron chi connectivity index (χ1n) is 7.80. The molecule has 0 radical (unpaired) electrons. The third kappa shape index (κ3) is 4.46. The Labute approximate surface area is 144 Å². The van der Waals surface area contributed by atoms with Crippen LogP contribution in [-0.2, 0) is 19.1 Å². The van der Waals surface area contributed by atoms with Crippen LogP contribution in [0.4, 0.5) is 17.1 Å². The van der Waals surface area contributed by atoms with Crippen LogP contribution in [0.2, 0.25) is 0 Å². The lowest BCUT2D eigenvalue weighted by Gasteiger charge is -2.19. The molecule has 1 aliphatic heterocycles. The van der Waals surface area contributed by atoms with Gasteiger partial charge in [0, 0.05) is 18.3 Å². The molecule has 1 aromatic carbocycles. The fourth-order valence-corrected chi connectivity index (χ4v) is 2.38. The van der Waals surface area contributed by atoms with E-state index < -0.39 is 22.9 Å². The summed E-state index contributed by atoms with van der Waals surface area (Å²) in [6.07, 6.45) is 1.31. The van der Waals surface area contributed by atoms with Gasteiger partial charge in [-0.1, -0.05) is 0 Å². The summed E-state index contributed by atoms with van der Waals surface area (Å²) >= 11 is 0. The highest BCUT2D eigenvalue weighted by Gasteiger charge is 2.28. The standard InChI is InChI=1S/C16H19N3O6/c1-3-24-15(20)8-13-11(16(21)25-4-2)9-17-12-6-5-10(19(22)23)7-14(12)18-13/h5-7,9,13,17-18H,3-4,8H2,1-2H3. The smallest absolute Gasteiger partial charge is 0.337 e. The van der Waals surface area contributed by atoms with Gasteiger partial charge in [-0.25, -0.2) is 4.79 Å². The van der Waals surface area contributed by atoms with Crippen LogP contribution < -0.4 is 10.6 Å². The number of rotatable bonds is 6. The van der Waals surface area contributed by atoms with Crippen molar-refractivity contribution in [2.24, 2.45) is 0 Å². The van der Waals surface area contributed by atoms with Gasteiger partial charge in [0.05, 0.1) is 47.5 Å². The Balaban J connectivity index is 2.35. The van der Waals surface area contributed by atoms with Gasteiger partial charge in [0.1, 0.15) is 0 Å². The number of anilines is 2. The lowest BCUT2D eigenvalue weighted by Crippen LogP contribution is -2.30. The van der Waals surface area contributed by atoms with Crippen molar-refractivity contribution in [2.75, 3.05) is 23.8 Å². The highest BCUT2D eigenvalue weighted by molar-refractivity contribution is 5.94. The maximum absolute atomic E-state index is 12.2. The third-order valence-electron chi connectivity index (χ3n) is 3.49. The van der Waals surface area contributed by atoms with E-state index >= 15 is 0 Å². The van der Waals surface area contributed by atoms with Crippen molar-refractivity contribution >= 4 is 29.0 Å². The third-order valence-corrected chi connectivity index (χ3v) is 3.49. The average molecular weight is 349 g/mol. The first kappa shape index (κ1) is 18.2. The van der Waals surface area contributed by atoms with Crippen molar-refractivity contribution in [3.63, 3.8) is 0 Å². The Hall–Kier alpha value is -3.10. The van der Waals surface area contributed by atoms with E-state index in [1.807, 2.05) is 0 Å². The number of carbonyl (C=O) groups is 2. The molecule has 0 saturated carbocycles. The summed E-state index contributed by atoms with van der Waals surface area (Å²) in [5, 5.41) is 16.9. The summed E-state index contributed by atoms with van der Waals surface area (Å²) in [6, 6.07) is 3.46. The predicted molar refractivity (Wildman–Crippen MR) is 90.1 cm³/mol. The Bertz CT molecular complexity index is 716. The van der Waals surface area contributed by atoms with Crippen molar-refractivity contribution in [3.8, 4) is 0 Å². The molecule has 0 aliphatic carbocycles. The van der Waals surface area contributed by atoms with Crippen LogP contribution in [0.15, 0.2) is 30.0 Å². The second-order valence-corrected chi connectivity index (χ2v) is 5.16. The predicted octanol–water partition coefficient (Wildman–Crippen LogP) is 2.20. The molecule has 2 N–H and O–H groups in total. The van der Waals surface area contributed by atoms with Crippen LogP contribution in [-0.4, -0.2) is 36.1 Å². The van der Waals surface area contributed by atoms with E-state index in [0.717, 1.165) is 0 Å². The molecule has 2 rings (SSSR count). The summed E-state index contributed by atoms with van der Waals surface area (Å²) in [7, 11) is 0. The average Bonchev–Trinajstić information content (AvgIpc) is 2.73. The van der Waals surface area contributed by atoms with Crippen molar-refractivity contribution in [1.29, 1.82) is 0 Å². The van der Waals surface area contributed by atoms with Gasteiger partial charge in [-0.15, -0.1) is 0 Å². The molecule has 0 spiro atoms. The molecule has 0 amide bonds. The minimum Gasteiger partial charge on any atom is -0.466 e. The van der Waals surface area contributed by atoms with E-state index in [4.69, 9.17) is 9.47 Å². The van der Waals surface area contributed by atoms with Crippen LogP contribution >= 0.6 is 0 Å². The largest absolute Gasteiger partial charge is 0.466 e. The zero-order valence-corrected chi connectivity index (χ0v) is 13.9. The zero-order valence-electron chi connectivity index (χ0n) is 13.9. The normalized spacial score (nSPS) is 15.6. The van der Waals surface area contributed by atoms with Crippen LogP contribution in [0, 0.1) is 10.1 Å². The second kappa shape index (κ2) is 8.13. The second-order valence-electron chi connectivity index (χ2n) is 5.16. The maximum Gasteiger partial charge on any atom is 0.337 e. The molecule has 1 heterocycles. The van der Waals surface area contributed by atoms with Crippen LogP contribution in [0.5, 0.6) is 0 Å². The minimum absolute atomic E-state index is 0.109. The fourth-order valence-electron chi connectivity index (χ4n) is 2.38. The van der Waals surface area contributed by atoms with E-state index in [0.29, 0.717) is 11.4 Å². The van der Waals surface area contributed by atoms with Gasteiger partial charge in [0.15, 0.2) is 0 Å². The zero-order chi connectivity index (χ0) is 18.4. The molecule has 9 nitrogen and oxygen atoms in total. The number of ether oxygens (including phenoxy) is 2. The first-order valence-corrected chi connectivity index (χ1v) is 7.80. The van der Waals surface area contributed by atoms with E-state index in [2.05, 4.69) is 10.6 Å². The number of hydrogen-bond acceptors (Lipinski definition) is 8. The summed E-state index contributed by atoms with van der Waals surface area (Å²) in [6.45, 7) is 3.75. The highest BCUT2D eigenvalue weighted by atomic mass is 16.6. The van der Waals surface area contributed by atoms with Gasteiger partial charge in [-0.2, -0.15) is 0 Å². The molecule has 134 valence electrons. The summed E-state index contributed by atoms with van der Waals surface area (Å²) < 4.78 is 9.96. The monoisotopic (exact) mass is 349 g/mol. The lowest BCUT2D eigenvalue weighted by atomic mass is 10.0. The number of nitro benzene ring substituents is 1. The first-order chi connectivity index (χ1) is 12.0. The fraction of sp³-hybridized carbons (Fsp3) is 0.375. The maximum atomic E-state index is 12.2. The molecule has 1 atom stereocenters. The van der Waals surface area contributed by atoms with Gasteiger partial charge >= 0.3 is 11.9 Å². The van der Waals surface area contributed by atoms with Crippen molar-refractivity contribution in [2.45, 2.75) is 26.3 Å². The minimum atomic E-state index is -0.742. The number of carbonyl (C=O) groups excluding carboxylic acids is 2. The SMILES string of the molecule is CCOC(=O)CC1Nc2cc([N+](=O)[O-])ccc2NC=C1C(=O)OCC. The Kier molecular flexibility index (Phi) is 5.93. The molecule has 0 bridgehead atoms. The molecule has 0 aromatic heterocycles. The molecular formula is C16H19N3O6. The molecular weight excluding hydrogens is 330 g/mol. The number of fused-ring (bicyclic) bond motifs is 1. The van der Waals surface area contributed by atoms with Crippen molar-refractivity contribution in [1.82, 2.24) is 0 Å². The Morgan fingerprint density at radius 3 is 2.56 bits per heavy atom. The molecule has 0 fully saturated rings. The topological polar surface area (TPSA) is 120 Å². The van der Waals surface area contributed by atoms with Gasteiger partial charge in [0.2, 0.25) is 0 Å². The summed E-state index contributed by atoms with van der Waals surface area (Å²) in [4.78, 5) is 34.5. The van der Waals surface area contributed by atoms with E-state index in [-0.39, 0.29) is 30.9 Å². The van der Waals surface area contributed by atoms with Gasteiger partial charge in [0.25, 0.3) is 5.69 Å². The van der Waals surface area contributed by atoms with Gasteiger partial charge in [-0.05, 0) is 19.9 Å². The van der Waals surface area contributed by atoms with Gasteiger partial charge in [-0.3, -0.25) is 14.9 Å². The van der Waals surface area contributed by atoms with Crippen LogP contribution in [0.25, 0.3) is 0 Å². The quantitative estimate of drug-likeness (QED) is 0.456. The van der Waals surface area contributed by atoms with Crippen molar-refractivity contribution < 1.29 is 24.0 Å². The van der Waals surface area contributed by atoms with E-state index in [1.165, 1.54) is 24.4 Å². The molecule has 9 heteroatoms. The molecule has 25 heavy (non-hydrogen) atoms. The van der Waals surface area contributed by atoms with Crippen LogP contribution in [0.3, 0.4) is 0 Å². The summed E-state index contributed by atoms with van der Waals surface area (Å²) in [5.74, 6) is -1.08. The lowest BCUT2D eigenvalue weighted by molar-refractivity contribution is -0.384. The number of esters is 2. The molecule has 0 saturated heterocycles. The van der Waals surface area contributed by atoms with E-state index in [1.54, 1.807) is 13.8 Å².